The highest BCUT2D eigenvalue weighted by atomic mass is 35.5. The Bertz CT molecular complexity index is 606. The van der Waals surface area contributed by atoms with E-state index in [1.807, 2.05) is 18.2 Å². The second-order valence-corrected chi connectivity index (χ2v) is 5.31. The summed E-state index contributed by atoms with van der Waals surface area (Å²) in [4.78, 5) is 0. The van der Waals surface area contributed by atoms with E-state index in [9.17, 15) is 0 Å². The fraction of sp³-hybridized carbons (Fsp3) is 0.333. The lowest BCUT2D eigenvalue weighted by atomic mass is 9.93. The van der Waals surface area contributed by atoms with Gasteiger partial charge in [0.05, 0.1) is 12.1 Å². The predicted octanol–water partition coefficient (Wildman–Crippen LogP) is 3.48. The summed E-state index contributed by atoms with van der Waals surface area (Å²) in [5.41, 5.74) is 9.80. The van der Waals surface area contributed by atoms with Crippen LogP contribution in [0.15, 0.2) is 30.5 Å². The first-order valence-electron chi connectivity index (χ1n) is 6.50. The number of nitrogens with two attached hydrogens (primary N) is 1. The van der Waals surface area contributed by atoms with Crippen molar-refractivity contribution in [3.05, 3.63) is 46.7 Å². The molecule has 0 saturated carbocycles. The average Bonchev–Trinajstić information content (AvgIpc) is 2.85. The number of hydrogen-bond acceptors (Lipinski definition) is 2. The normalized spacial score (nSPS) is 18.2. The molecule has 19 heavy (non-hydrogen) atoms. The minimum absolute atomic E-state index is 0.166. The molecule has 1 heterocycles. The van der Waals surface area contributed by atoms with Crippen molar-refractivity contribution in [3.8, 4) is 11.4 Å². The number of rotatable bonds is 2. The maximum atomic E-state index is 6.16. The van der Waals surface area contributed by atoms with E-state index >= 15 is 0 Å². The van der Waals surface area contributed by atoms with E-state index in [0.717, 1.165) is 24.9 Å². The van der Waals surface area contributed by atoms with E-state index in [1.165, 1.54) is 11.3 Å². The molecule has 0 spiro atoms. The molecular weight excluding hydrogens is 260 g/mol. The SMILES string of the molecule is COc1cc(-n2ccc3c2CCCC3N)ccc1Cl. The molecule has 1 unspecified atom stereocenters. The molecule has 0 fully saturated rings. The summed E-state index contributed by atoms with van der Waals surface area (Å²) in [5, 5.41) is 0.629. The van der Waals surface area contributed by atoms with Gasteiger partial charge in [0.2, 0.25) is 0 Å². The van der Waals surface area contributed by atoms with Crippen LogP contribution in [0.25, 0.3) is 5.69 Å². The first-order valence-corrected chi connectivity index (χ1v) is 6.88. The second-order valence-electron chi connectivity index (χ2n) is 4.91. The number of nitrogens with zero attached hydrogens (tertiary/aromatic N) is 1. The lowest BCUT2D eigenvalue weighted by Crippen LogP contribution is -2.17. The van der Waals surface area contributed by atoms with Gasteiger partial charge in [-0.15, -0.1) is 0 Å². The molecular formula is C15H17ClN2O. The molecule has 1 atom stereocenters. The molecule has 3 rings (SSSR count). The van der Waals surface area contributed by atoms with Gasteiger partial charge in [-0.3, -0.25) is 0 Å². The van der Waals surface area contributed by atoms with Crippen molar-refractivity contribution >= 4 is 11.6 Å². The van der Waals surface area contributed by atoms with E-state index in [4.69, 9.17) is 22.1 Å². The van der Waals surface area contributed by atoms with Crippen molar-refractivity contribution in [1.82, 2.24) is 4.57 Å². The van der Waals surface area contributed by atoms with Crippen molar-refractivity contribution < 1.29 is 4.74 Å². The monoisotopic (exact) mass is 276 g/mol. The number of benzene rings is 1. The predicted molar refractivity (Wildman–Crippen MR) is 77.2 cm³/mol. The van der Waals surface area contributed by atoms with E-state index in [-0.39, 0.29) is 6.04 Å². The zero-order valence-electron chi connectivity index (χ0n) is 10.9. The number of halogens is 1. The van der Waals surface area contributed by atoms with Crippen LogP contribution in [-0.2, 0) is 6.42 Å². The number of ether oxygens (including phenoxy) is 1. The molecule has 0 aliphatic heterocycles. The minimum Gasteiger partial charge on any atom is -0.495 e. The molecule has 0 amide bonds. The fourth-order valence-electron chi connectivity index (χ4n) is 2.77. The Kier molecular flexibility index (Phi) is 3.25. The van der Waals surface area contributed by atoms with E-state index in [1.54, 1.807) is 7.11 Å². The third-order valence-corrected chi connectivity index (χ3v) is 4.08. The van der Waals surface area contributed by atoms with Crippen LogP contribution in [0.4, 0.5) is 0 Å². The molecule has 0 saturated heterocycles. The number of aromatic nitrogens is 1. The molecule has 1 aliphatic carbocycles. The topological polar surface area (TPSA) is 40.2 Å². The van der Waals surface area contributed by atoms with Gasteiger partial charge in [-0.1, -0.05) is 11.6 Å². The van der Waals surface area contributed by atoms with E-state index < -0.39 is 0 Å². The summed E-state index contributed by atoms with van der Waals surface area (Å²) in [6, 6.07) is 8.12. The van der Waals surface area contributed by atoms with Crippen LogP contribution in [-0.4, -0.2) is 11.7 Å². The molecule has 0 radical (unpaired) electrons. The minimum atomic E-state index is 0.166. The van der Waals surface area contributed by atoms with Crippen LogP contribution in [0.3, 0.4) is 0 Å². The van der Waals surface area contributed by atoms with Crippen LogP contribution in [0, 0.1) is 0 Å². The third kappa shape index (κ3) is 2.13. The molecule has 3 nitrogen and oxygen atoms in total. The number of hydrogen-bond donors (Lipinski definition) is 1. The van der Waals surface area contributed by atoms with Gasteiger partial charge in [-0.2, -0.15) is 0 Å². The van der Waals surface area contributed by atoms with Gasteiger partial charge >= 0.3 is 0 Å². The Morgan fingerprint density at radius 2 is 2.21 bits per heavy atom. The molecule has 100 valence electrons. The van der Waals surface area contributed by atoms with Crippen molar-refractivity contribution in [2.45, 2.75) is 25.3 Å². The lowest BCUT2D eigenvalue weighted by Gasteiger charge is -2.21. The Hall–Kier alpha value is -1.45. The highest BCUT2D eigenvalue weighted by Gasteiger charge is 2.20. The van der Waals surface area contributed by atoms with Gasteiger partial charge in [0.25, 0.3) is 0 Å². The highest BCUT2D eigenvalue weighted by Crippen LogP contribution is 2.33. The Morgan fingerprint density at radius 3 is 3.00 bits per heavy atom. The second kappa shape index (κ2) is 4.91. The summed E-state index contributed by atoms with van der Waals surface area (Å²) < 4.78 is 7.47. The molecule has 2 aromatic rings. The van der Waals surface area contributed by atoms with Gasteiger partial charge < -0.3 is 15.0 Å². The van der Waals surface area contributed by atoms with Crippen molar-refractivity contribution in [1.29, 1.82) is 0 Å². The first-order chi connectivity index (χ1) is 9.20. The van der Waals surface area contributed by atoms with Crippen LogP contribution in [0.2, 0.25) is 5.02 Å². The number of methoxy groups -OCH3 is 1. The molecule has 2 N–H and O–H groups in total. The van der Waals surface area contributed by atoms with E-state index in [0.29, 0.717) is 10.8 Å². The molecule has 1 aliphatic rings. The average molecular weight is 277 g/mol. The summed E-state index contributed by atoms with van der Waals surface area (Å²) >= 11 is 6.07. The van der Waals surface area contributed by atoms with Crippen molar-refractivity contribution in [2.24, 2.45) is 5.73 Å². The van der Waals surface area contributed by atoms with Crippen LogP contribution in [0.5, 0.6) is 5.75 Å². The van der Waals surface area contributed by atoms with E-state index in [2.05, 4.69) is 16.8 Å². The van der Waals surface area contributed by atoms with Gasteiger partial charge in [-0.05, 0) is 43.0 Å². The largest absolute Gasteiger partial charge is 0.495 e. The quantitative estimate of drug-likeness (QED) is 0.912. The van der Waals surface area contributed by atoms with Gasteiger partial charge in [-0.25, -0.2) is 0 Å². The molecule has 4 heteroatoms. The van der Waals surface area contributed by atoms with Gasteiger partial charge in [0.1, 0.15) is 5.75 Å². The Labute approximate surface area is 117 Å². The smallest absolute Gasteiger partial charge is 0.139 e. The summed E-state index contributed by atoms with van der Waals surface area (Å²) in [6.07, 6.45) is 5.36. The lowest BCUT2D eigenvalue weighted by molar-refractivity contribution is 0.415. The third-order valence-electron chi connectivity index (χ3n) is 3.77. The van der Waals surface area contributed by atoms with Crippen LogP contribution < -0.4 is 10.5 Å². The number of fused-ring (bicyclic) bond motifs is 1. The Morgan fingerprint density at radius 1 is 1.37 bits per heavy atom. The van der Waals surface area contributed by atoms with Crippen LogP contribution >= 0.6 is 11.6 Å². The maximum Gasteiger partial charge on any atom is 0.139 e. The zero-order valence-corrected chi connectivity index (χ0v) is 11.7. The zero-order chi connectivity index (χ0) is 13.4. The maximum absolute atomic E-state index is 6.16. The molecule has 0 bridgehead atoms. The van der Waals surface area contributed by atoms with Crippen LogP contribution in [0.1, 0.15) is 30.1 Å². The molecule has 1 aromatic carbocycles. The summed E-state index contributed by atoms with van der Waals surface area (Å²) in [5.74, 6) is 0.696. The van der Waals surface area contributed by atoms with Gasteiger partial charge in [0, 0.05) is 29.7 Å². The standard InChI is InChI=1S/C15H17ClN2O/c1-19-15-9-10(5-6-12(15)16)18-8-7-11-13(17)3-2-4-14(11)18/h5-9,13H,2-4,17H2,1H3. The summed E-state index contributed by atoms with van der Waals surface area (Å²) in [6.45, 7) is 0. The van der Waals surface area contributed by atoms with Gasteiger partial charge in [0.15, 0.2) is 0 Å². The highest BCUT2D eigenvalue weighted by molar-refractivity contribution is 6.32. The first kappa shape index (κ1) is 12.6. The van der Waals surface area contributed by atoms with Crippen molar-refractivity contribution in [2.75, 3.05) is 7.11 Å². The molecule has 1 aromatic heterocycles. The summed E-state index contributed by atoms with van der Waals surface area (Å²) in [7, 11) is 1.63. The van der Waals surface area contributed by atoms with Crippen molar-refractivity contribution in [3.63, 3.8) is 0 Å². The Balaban J connectivity index is 2.08. The fourth-order valence-corrected chi connectivity index (χ4v) is 2.96.